The van der Waals surface area contributed by atoms with Gasteiger partial charge in [-0.3, -0.25) is 9.59 Å². The van der Waals surface area contributed by atoms with Crippen molar-refractivity contribution in [2.75, 3.05) is 0 Å². The van der Waals surface area contributed by atoms with Gasteiger partial charge < -0.3 is 10.4 Å². The van der Waals surface area contributed by atoms with Crippen molar-refractivity contribution in [1.82, 2.24) is 5.32 Å². The van der Waals surface area contributed by atoms with E-state index in [0.717, 1.165) is 11.1 Å². The van der Waals surface area contributed by atoms with Crippen LogP contribution in [0.4, 0.5) is 0 Å². The Morgan fingerprint density at radius 2 is 1.67 bits per heavy atom. The molecule has 2 aromatic rings. The SMILES string of the molecule is O=C(NC1c2ccccc2CC1C(=O)O)c1ccccc1. The molecule has 0 fully saturated rings. The molecule has 0 heterocycles. The van der Waals surface area contributed by atoms with Gasteiger partial charge in [0.25, 0.3) is 5.91 Å². The number of aliphatic carboxylic acids is 1. The highest BCUT2D eigenvalue weighted by atomic mass is 16.4. The van der Waals surface area contributed by atoms with E-state index in [4.69, 9.17) is 0 Å². The first-order valence-corrected chi connectivity index (χ1v) is 6.83. The standard InChI is InChI=1S/C17H15NO3/c19-16(11-6-2-1-3-7-11)18-15-13-9-5-4-8-12(13)10-14(15)17(20)21/h1-9,14-15H,10H2,(H,18,19)(H,20,21). The highest BCUT2D eigenvalue weighted by Crippen LogP contribution is 2.36. The Hall–Kier alpha value is -2.62. The summed E-state index contributed by atoms with van der Waals surface area (Å²) in [5.41, 5.74) is 2.42. The number of nitrogens with one attached hydrogen (secondary N) is 1. The number of carboxylic acids is 1. The lowest BCUT2D eigenvalue weighted by atomic mass is 10.0. The molecule has 106 valence electrons. The van der Waals surface area contributed by atoms with Gasteiger partial charge in [0, 0.05) is 5.56 Å². The summed E-state index contributed by atoms with van der Waals surface area (Å²) in [4.78, 5) is 23.7. The van der Waals surface area contributed by atoms with Crippen LogP contribution >= 0.6 is 0 Å². The average Bonchev–Trinajstić information content (AvgIpc) is 2.87. The average molecular weight is 281 g/mol. The summed E-state index contributed by atoms with van der Waals surface area (Å²) in [7, 11) is 0. The highest BCUT2D eigenvalue weighted by molar-refractivity contribution is 5.94. The molecule has 4 nitrogen and oxygen atoms in total. The lowest BCUT2D eigenvalue weighted by Gasteiger charge is -2.19. The van der Waals surface area contributed by atoms with E-state index in [-0.39, 0.29) is 5.91 Å². The zero-order valence-corrected chi connectivity index (χ0v) is 11.3. The minimum atomic E-state index is -0.885. The molecule has 1 aliphatic carbocycles. The summed E-state index contributed by atoms with van der Waals surface area (Å²) in [6, 6.07) is 15.9. The van der Waals surface area contributed by atoms with Crippen molar-refractivity contribution in [1.29, 1.82) is 0 Å². The van der Waals surface area contributed by atoms with Gasteiger partial charge in [-0.25, -0.2) is 0 Å². The van der Waals surface area contributed by atoms with E-state index < -0.39 is 17.9 Å². The lowest BCUT2D eigenvalue weighted by molar-refractivity contribution is -0.142. The first-order valence-electron chi connectivity index (χ1n) is 6.83. The zero-order chi connectivity index (χ0) is 14.8. The number of hydrogen-bond acceptors (Lipinski definition) is 2. The summed E-state index contributed by atoms with van der Waals surface area (Å²) >= 11 is 0. The number of benzene rings is 2. The third-order valence-corrected chi connectivity index (χ3v) is 3.87. The Kier molecular flexibility index (Phi) is 3.44. The Morgan fingerprint density at radius 1 is 1.00 bits per heavy atom. The molecule has 3 rings (SSSR count). The largest absolute Gasteiger partial charge is 0.481 e. The van der Waals surface area contributed by atoms with E-state index in [0.29, 0.717) is 12.0 Å². The molecule has 2 atom stereocenters. The van der Waals surface area contributed by atoms with Crippen LogP contribution in [-0.2, 0) is 11.2 Å². The maximum atomic E-state index is 12.3. The first kappa shape index (κ1) is 13.4. The fourth-order valence-electron chi connectivity index (χ4n) is 2.82. The van der Waals surface area contributed by atoms with Crippen molar-refractivity contribution >= 4 is 11.9 Å². The second-order valence-corrected chi connectivity index (χ2v) is 5.16. The van der Waals surface area contributed by atoms with Crippen molar-refractivity contribution in [2.45, 2.75) is 12.5 Å². The number of fused-ring (bicyclic) bond motifs is 1. The van der Waals surface area contributed by atoms with Crippen molar-refractivity contribution in [3.63, 3.8) is 0 Å². The fourth-order valence-corrected chi connectivity index (χ4v) is 2.82. The fraction of sp³-hybridized carbons (Fsp3) is 0.176. The number of carbonyl (C=O) groups is 2. The second kappa shape index (κ2) is 5.40. The Labute approximate surface area is 122 Å². The third-order valence-electron chi connectivity index (χ3n) is 3.87. The number of carboxylic acid groups (broad SMARTS) is 1. The molecule has 2 aromatic carbocycles. The van der Waals surface area contributed by atoms with Crippen LogP contribution in [0, 0.1) is 5.92 Å². The van der Waals surface area contributed by atoms with Crippen LogP contribution in [0.25, 0.3) is 0 Å². The summed E-state index contributed by atoms with van der Waals surface area (Å²) in [5, 5.41) is 12.3. The van der Waals surface area contributed by atoms with Gasteiger partial charge in [0.05, 0.1) is 12.0 Å². The normalized spacial score (nSPS) is 19.8. The molecule has 0 saturated carbocycles. The van der Waals surface area contributed by atoms with Crippen LogP contribution in [-0.4, -0.2) is 17.0 Å². The highest BCUT2D eigenvalue weighted by Gasteiger charge is 2.38. The molecule has 2 unspecified atom stereocenters. The van der Waals surface area contributed by atoms with Gasteiger partial charge in [0.2, 0.25) is 0 Å². The predicted molar refractivity (Wildman–Crippen MR) is 77.9 cm³/mol. The maximum absolute atomic E-state index is 12.3. The summed E-state index contributed by atoms with van der Waals surface area (Å²) in [6.45, 7) is 0. The van der Waals surface area contributed by atoms with Crippen LogP contribution in [0.2, 0.25) is 0 Å². The van der Waals surface area contributed by atoms with E-state index >= 15 is 0 Å². The molecule has 0 bridgehead atoms. The Morgan fingerprint density at radius 3 is 2.38 bits per heavy atom. The number of hydrogen-bond donors (Lipinski definition) is 2. The molecule has 2 N–H and O–H groups in total. The molecule has 0 spiro atoms. The summed E-state index contributed by atoms with van der Waals surface area (Å²) < 4.78 is 0. The predicted octanol–water partition coefficient (Wildman–Crippen LogP) is 2.41. The van der Waals surface area contributed by atoms with E-state index in [9.17, 15) is 14.7 Å². The van der Waals surface area contributed by atoms with Gasteiger partial charge in [-0.2, -0.15) is 0 Å². The molecule has 0 radical (unpaired) electrons. The van der Waals surface area contributed by atoms with Crippen LogP contribution < -0.4 is 5.32 Å². The van der Waals surface area contributed by atoms with Crippen LogP contribution in [0.5, 0.6) is 0 Å². The molecular formula is C17H15NO3. The van der Waals surface area contributed by atoms with Crippen molar-refractivity contribution in [2.24, 2.45) is 5.92 Å². The Bertz CT molecular complexity index is 681. The number of carbonyl (C=O) groups excluding carboxylic acids is 1. The number of amides is 1. The first-order chi connectivity index (χ1) is 10.2. The van der Waals surface area contributed by atoms with Crippen LogP contribution in [0.3, 0.4) is 0 Å². The maximum Gasteiger partial charge on any atom is 0.309 e. The molecule has 1 amide bonds. The van der Waals surface area contributed by atoms with Gasteiger partial charge in [0.15, 0.2) is 0 Å². The quantitative estimate of drug-likeness (QED) is 0.908. The molecule has 0 aliphatic heterocycles. The monoisotopic (exact) mass is 281 g/mol. The van der Waals surface area contributed by atoms with E-state index in [1.807, 2.05) is 30.3 Å². The van der Waals surface area contributed by atoms with E-state index in [1.54, 1.807) is 24.3 Å². The third kappa shape index (κ3) is 2.52. The minimum absolute atomic E-state index is 0.247. The van der Waals surface area contributed by atoms with Crippen molar-refractivity contribution in [3.05, 3.63) is 71.3 Å². The molecule has 0 aromatic heterocycles. The zero-order valence-electron chi connectivity index (χ0n) is 11.3. The van der Waals surface area contributed by atoms with Gasteiger partial charge >= 0.3 is 5.97 Å². The van der Waals surface area contributed by atoms with Crippen LogP contribution in [0.1, 0.15) is 27.5 Å². The summed E-state index contributed by atoms with van der Waals surface area (Å²) in [6.07, 6.45) is 0.450. The molecular weight excluding hydrogens is 266 g/mol. The molecule has 4 heteroatoms. The topological polar surface area (TPSA) is 66.4 Å². The van der Waals surface area contributed by atoms with Gasteiger partial charge in [-0.15, -0.1) is 0 Å². The summed E-state index contributed by atoms with van der Waals surface area (Å²) in [5.74, 6) is -1.75. The molecule has 0 saturated heterocycles. The Balaban J connectivity index is 1.88. The van der Waals surface area contributed by atoms with Gasteiger partial charge in [-0.05, 0) is 29.7 Å². The lowest BCUT2D eigenvalue weighted by Crippen LogP contribution is -2.34. The van der Waals surface area contributed by atoms with Gasteiger partial charge in [-0.1, -0.05) is 42.5 Å². The minimum Gasteiger partial charge on any atom is -0.481 e. The van der Waals surface area contributed by atoms with Crippen LogP contribution in [0.15, 0.2) is 54.6 Å². The van der Waals surface area contributed by atoms with Gasteiger partial charge in [0.1, 0.15) is 0 Å². The molecule has 21 heavy (non-hydrogen) atoms. The molecule has 1 aliphatic rings. The van der Waals surface area contributed by atoms with E-state index in [2.05, 4.69) is 5.32 Å². The number of rotatable bonds is 3. The smallest absolute Gasteiger partial charge is 0.309 e. The van der Waals surface area contributed by atoms with E-state index in [1.165, 1.54) is 0 Å². The van der Waals surface area contributed by atoms with Crippen molar-refractivity contribution < 1.29 is 14.7 Å². The second-order valence-electron chi connectivity index (χ2n) is 5.16. The van der Waals surface area contributed by atoms with Crippen molar-refractivity contribution in [3.8, 4) is 0 Å².